The van der Waals surface area contributed by atoms with Gasteiger partial charge in [-0.15, -0.1) is 0 Å². The minimum Gasteiger partial charge on any atom is -0.394 e. The molecule has 15 heavy (non-hydrogen) atoms. The van der Waals surface area contributed by atoms with Crippen molar-refractivity contribution in [2.75, 3.05) is 6.61 Å². The highest BCUT2D eigenvalue weighted by Crippen LogP contribution is 2.19. The van der Waals surface area contributed by atoms with Crippen LogP contribution in [0.25, 0.3) is 0 Å². The number of amides is 1. The Kier molecular flexibility index (Phi) is 4.00. The summed E-state index contributed by atoms with van der Waals surface area (Å²) in [6, 6.07) is -1.10. The van der Waals surface area contributed by atoms with E-state index in [1.807, 2.05) is 0 Å². The smallest absolute Gasteiger partial charge is 0.217 e. The maximum Gasteiger partial charge on any atom is 0.217 e. The molecule has 1 rings (SSSR count). The SMILES string of the molecule is CC(=O)N[C@H]1C(O)OC(CO)[C@H](O)[C@@H]1O. The molecule has 2 unspecified atom stereocenters. The summed E-state index contributed by atoms with van der Waals surface area (Å²) >= 11 is 0. The molecule has 1 aliphatic rings. The molecular weight excluding hydrogens is 206 g/mol. The third-order valence-corrected chi connectivity index (χ3v) is 2.27. The van der Waals surface area contributed by atoms with Gasteiger partial charge in [-0.05, 0) is 0 Å². The van der Waals surface area contributed by atoms with Crippen LogP contribution < -0.4 is 5.32 Å². The van der Waals surface area contributed by atoms with E-state index in [0.29, 0.717) is 0 Å². The van der Waals surface area contributed by atoms with Crippen molar-refractivity contribution in [2.45, 2.75) is 37.6 Å². The fraction of sp³-hybridized carbons (Fsp3) is 0.875. The molecule has 0 aromatic heterocycles. The minimum absolute atomic E-state index is 0.462. The number of aliphatic hydroxyl groups excluding tert-OH is 4. The van der Waals surface area contributed by atoms with E-state index in [1.165, 1.54) is 6.92 Å². The molecule has 0 saturated carbocycles. The van der Waals surface area contributed by atoms with Crippen molar-refractivity contribution in [2.24, 2.45) is 0 Å². The molecular formula is C8H15NO6. The zero-order valence-electron chi connectivity index (χ0n) is 8.20. The summed E-state index contributed by atoms with van der Waals surface area (Å²) in [6.07, 6.45) is -5.24. The number of rotatable bonds is 2. The molecule has 7 heteroatoms. The first-order valence-electron chi connectivity index (χ1n) is 4.55. The van der Waals surface area contributed by atoms with E-state index < -0.39 is 43.2 Å². The fourth-order valence-corrected chi connectivity index (χ4v) is 1.49. The number of carbonyl (C=O) groups excluding carboxylic acids is 1. The van der Waals surface area contributed by atoms with Crippen molar-refractivity contribution in [1.82, 2.24) is 5.32 Å². The summed E-state index contributed by atoms with van der Waals surface area (Å²) in [5.41, 5.74) is 0. The highest BCUT2D eigenvalue weighted by molar-refractivity contribution is 5.73. The summed E-state index contributed by atoms with van der Waals surface area (Å²) in [6.45, 7) is 0.687. The molecule has 0 spiro atoms. The highest BCUT2D eigenvalue weighted by Gasteiger charge is 2.43. The average molecular weight is 221 g/mol. The van der Waals surface area contributed by atoms with Crippen LogP contribution in [0.1, 0.15) is 6.92 Å². The Bertz CT molecular complexity index is 235. The van der Waals surface area contributed by atoms with E-state index in [0.717, 1.165) is 0 Å². The Labute approximate surface area is 86.3 Å². The van der Waals surface area contributed by atoms with Gasteiger partial charge >= 0.3 is 0 Å². The third kappa shape index (κ3) is 2.64. The second-order valence-electron chi connectivity index (χ2n) is 3.46. The highest BCUT2D eigenvalue weighted by atomic mass is 16.6. The molecule has 1 aliphatic heterocycles. The van der Waals surface area contributed by atoms with Gasteiger partial charge in [0.05, 0.1) is 6.61 Å². The number of aliphatic hydroxyl groups is 4. The second kappa shape index (κ2) is 4.86. The van der Waals surface area contributed by atoms with E-state index in [2.05, 4.69) is 5.32 Å². The Balaban J connectivity index is 2.70. The van der Waals surface area contributed by atoms with Crippen LogP contribution in [-0.2, 0) is 9.53 Å². The first-order valence-corrected chi connectivity index (χ1v) is 4.55. The molecule has 0 aromatic rings. The van der Waals surface area contributed by atoms with Crippen LogP contribution in [-0.4, -0.2) is 63.6 Å². The average Bonchev–Trinajstić information content (AvgIpc) is 2.18. The molecule has 1 saturated heterocycles. The van der Waals surface area contributed by atoms with Crippen molar-refractivity contribution in [3.63, 3.8) is 0 Å². The lowest BCUT2D eigenvalue weighted by molar-refractivity contribution is -0.253. The van der Waals surface area contributed by atoms with Gasteiger partial charge in [0.15, 0.2) is 6.29 Å². The van der Waals surface area contributed by atoms with Gasteiger partial charge in [-0.1, -0.05) is 0 Å². The van der Waals surface area contributed by atoms with E-state index in [-0.39, 0.29) is 0 Å². The van der Waals surface area contributed by atoms with Gasteiger partial charge < -0.3 is 30.5 Å². The molecule has 5 atom stereocenters. The summed E-state index contributed by atoms with van der Waals surface area (Å²) in [5, 5.41) is 39.4. The molecule has 0 bridgehead atoms. The van der Waals surface area contributed by atoms with E-state index in [1.54, 1.807) is 0 Å². The van der Waals surface area contributed by atoms with Crippen molar-refractivity contribution < 1.29 is 30.0 Å². The van der Waals surface area contributed by atoms with Crippen molar-refractivity contribution >= 4 is 5.91 Å². The number of nitrogens with one attached hydrogen (secondary N) is 1. The Hall–Kier alpha value is -0.730. The molecule has 88 valence electrons. The maximum atomic E-state index is 10.7. The normalized spacial score (nSPS) is 41.3. The van der Waals surface area contributed by atoms with E-state index in [4.69, 9.17) is 9.84 Å². The summed E-state index contributed by atoms with van der Waals surface area (Å²) < 4.78 is 4.81. The van der Waals surface area contributed by atoms with E-state index in [9.17, 15) is 20.1 Å². The molecule has 0 aliphatic carbocycles. The molecule has 0 aromatic carbocycles. The molecule has 1 fully saturated rings. The molecule has 1 amide bonds. The first-order chi connectivity index (χ1) is 6.97. The topological polar surface area (TPSA) is 119 Å². The van der Waals surface area contributed by atoms with Crippen LogP contribution in [0.2, 0.25) is 0 Å². The zero-order chi connectivity index (χ0) is 11.6. The molecule has 1 heterocycles. The lowest BCUT2D eigenvalue weighted by atomic mass is 9.97. The number of hydrogen-bond donors (Lipinski definition) is 5. The first kappa shape index (κ1) is 12.3. The summed E-state index contributed by atoms with van der Waals surface area (Å²) in [5.74, 6) is -0.462. The molecule has 7 nitrogen and oxygen atoms in total. The Morgan fingerprint density at radius 2 is 1.93 bits per heavy atom. The quantitative estimate of drug-likeness (QED) is 0.337. The minimum atomic E-state index is -1.45. The Morgan fingerprint density at radius 3 is 2.40 bits per heavy atom. The van der Waals surface area contributed by atoms with Gasteiger partial charge in [0, 0.05) is 6.92 Å². The largest absolute Gasteiger partial charge is 0.394 e. The Morgan fingerprint density at radius 1 is 1.33 bits per heavy atom. The van der Waals surface area contributed by atoms with E-state index >= 15 is 0 Å². The predicted octanol–water partition coefficient (Wildman–Crippen LogP) is -3.08. The van der Waals surface area contributed by atoms with Gasteiger partial charge in [0.1, 0.15) is 24.4 Å². The molecule has 0 radical (unpaired) electrons. The van der Waals surface area contributed by atoms with Gasteiger partial charge in [0.25, 0.3) is 0 Å². The van der Waals surface area contributed by atoms with Crippen LogP contribution in [0, 0.1) is 0 Å². The summed E-state index contributed by atoms with van der Waals surface area (Å²) in [4.78, 5) is 10.7. The van der Waals surface area contributed by atoms with Crippen molar-refractivity contribution in [3.05, 3.63) is 0 Å². The van der Waals surface area contributed by atoms with Gasteiger partial charge in [-0.3, -0.25) is 4.79 Å². The van der Waals surface area contributed by atoms with Gasteiger partial charge in [-0.2, -0.15) is 0 Å². The van der Waals surface area contributed by atoms with Crippen LogP contribution in [0.4, 0.5) is 0 Å². The van der Waals surface area contributed by atoms with Crippen LogP contribution in [0.5, 0.6) is 0 Å². The standard InChI is InChI=1S/C8H15NO6/c1-3(11)9-5-7(13)6(12)4(2-10)15-8(5)14/h4-8,10,12-14H,2H2,1H3,(H,9,11)/t4?,5-,6+,7-,8?/m1/s1. The monoisotopic (exact) mass is 221 g/mol. The number of hydrogen-bond acceptors (Lipinski definition) is 6. The third-order valence-electron chi connectivity index (χ3n) is 2.27. The fourth-order valence-electron chi connectivity index (χ4n) is 1.49. The predicted molar refractivity (Wildman–Crippen MR) is 47.6 cm³/mol. The van der Waals surface area contributed by atoms with Gasteiger partial charge in [-0.25, -0.2) is 0 Å². The lowest BCUT2D eigenvalue weighted by Gasteiger charge is -2.40. The number of carbonyl (C=O) groups is 1. The maximum absolute atomic E-state index is 10.7. The second-order valence-corrected chi connectivity index (χ2v) is 3.46. The van der Waals surface area contributed by atoms with Crippen LogP contribution >= 0.6 is 0 Å². The van der Waals surface area contributed by atoms with Crippen molar-refractivity contribution in [3.8, 4) is 0 Å². The van der Waals surface area contributed by atoms with Crippen LogP contribution in [0.3, 0.4) is 0 Å². The lowest BCUT2D eigenvalue weighted by Crippen LogP contribution is -2.63. The van der Waals surface area contributed by atoms with Crippen molar-refractivity contribution in [1.29, 1.82) is 0 Å². The number of ether oxygens (including phenoxy) is 1. The van der Waals surface area contributed by atoms with Crippen LogP contribution in [0.15, 0.2) is 0 Å². The molecule has 5 N–H and O–H groups in total. The zero-order valence-corrected chi connectivity index (χ0v) is 8.20. The summed E-state index contributed by atoms with van der Waals surface area (Å²) in [7, 11) is 0. The van der Waals surface area contributed by atoms with Gasteiger partial charge in [0.2, 0.25) is 5.91 Å².